The van der Waals surface area contributed by atoms with E-state index in [4.69, 9.17) is 0 Å². The van der Waals surface area contributed by atoms with Crippen molar-refractivity contribution in [2.75, 3.05) is 30.7 Å². The Labute approximate surface area is 154 Å². The highest BCUT2D eigenvalue weighted by molar-refractivity contribution is 8.01. The predicted octanol–water partition coefficient (Wildman–Crippen LogP) is 2.30. The van der Waals surface area contributed by atoms with E-state index in [1.54, 1.807) is 0 Å². The minimum absolute atomic E-state index is 0. The Balaban J connectivity index is 0.00000288. The maximum atomic E-state index is 12.4. The summed E-state index contributed by atoms with van der Waals surface area (Å²) >= 11 is 1.39. The number of benzene rings is 1. The second kappa shape index (κ2) is 9.91. The van der Waals surface area contributed by atoms with Crippen molar-refractivity contribution in [2.45, 2.75) is 32.1 Å². The number of nitrogens with zero attached hydrogens (tertiary/aromatic N) is 1. The summed E-state index contributed by atoms with van der Waals surface area (Å²) in [4.78, 5) is 26.3. The number of thioether (sulfide) groups is 1. The summed E-state index contributed by atoms with van der Waals surface area (Å²) in [7, 11) is 0. The Hall–Kier alpha value is -1.24. The first-order valence-corrected chi connectivity index (χ1v) is 9.01. The van der Waals surface area contributed by atoms with Crippen LogP contribution < -0.4 is 10.6 Å². The first-order chi connectivity index (χ1) is 11.0. The topological polar surface area (TPSA) is 61.4 Å². The molecule has 2 N–H and O–H groups in total. The summed E-state index contributed by atoms with van der Waals surface area (Å²) in [5.74, 6) is 0.321. The highest BCUT2D eigenvalue weighted by Crippen LogP contribution is 2.16. The van der Waals surface area contributed by atoms with E-state index in [1.165, 1.54) is 11.8 Å². The molecule has 1 heterocycles. The van der Waals surface area contributed by atoms with Crippen molar-refractivity contribution in [1.29, 1.82) is 0 Å². The molecule has 0 radical (unpaired) electrons. The van der Waals surface area contributed by atoms with Gasteiger partial charge in [0.15, 0.2) is 0 Å². The molecule has 2 rings (SSSR count). The lowest BCUT2D eigenvalue weighted by molar-refractivity contribution is -0.131. The number of halogens is 1. The van der Waals surface area contributed by atoms with E-state index in [0.717, 1.165) is 30.9 Å². The third-order valence-electron chi connectivity index (χ3n) is 3.83. The lowest BCUT2D eigenvalue weighted by atomic mass is 10.2. The van der Waals surface area contributed by atoms with Crippen molar-refractivity contribution in [3.63, 3.8) is 0 Å². The molecule has 24 heavy (non-hydrogen) atoms. The van der Waals surface area contributed by atoms with Gasteiger partial charge in [0.1, 0.15) is 0 Å². The molecule has 5 nitrogen and oxygen atoms in total. The van der Waals surface area contributed by atoms with Gasteiger partial charge in [0.2, 0.25) is 11.8 Å². The van der Waals surface area contributed by atoms with Gasteiger partial charge in [-0.1, -0.05) is 17.7 Å². The third kappa shape index (κ3) is 6.34. The van der Waals surface area contributed by atoms with Crippen molar-refractivity contribution < 1.29 is 9.59 Å². The molecule has 2 unspecified atom stereocenters. The molecular weight excluding hydrogens is 346 g/mol. The van der Waals surface area contributed by atoms with Gasteiger partial charge < -0.3 is 15.5 Å². The van der Waals surface area contributed by atoms with E-state index in [-0.39, 0.29) is 35.2 Å². The first kappa shape index (κ1) is 20.8. The summed E-state index contributed by atoms with van der Waals surface area (Å²) in [6, 6.07) is 8.01. The molecule has 1 aliphatic heterocycles. The van der Waals surface area contributed by atoms with Crippen LogP contribution in [0.5, 0.6) is 0 Å². The molecule has 0 bridgehead atoms. The van der Waals surface area contributed by atoms with Gasteiger partial charge in [-0.15, -0.1) is 24.2 Å². The smallest absolute Gasteiger partial charge is 0.235 e. The zero-order chi connectivity index (χ0) is 16.8. The molecule has 1 fully saturated rings. The van der Waals surface area contributed by atoms with Gasteiger partial charge in [0.25, 0.3) is 0 Å². The van der Waals surface area contributed by atoms with E-state index < -0.39 is 0 Å². The second-order valence-corrected chi connectivity index (χ2v) is 7.34. The van der Waals surface area contributed by atoms with E-state index in [0.29, 0.717) is 6.04 Å². The van der Waals surface area contributed by atoms with Crippen molar-refractivity contribution in [1.82, 2.24) is 10.2 Å². The van der Waals surface area contributed by atoms with Crippen LogP contribution in [0.2, 0.25) is 0 Å². The summed E-state index contributed by atoms with van der Waals surface area (Å²) in [5.41, 5.74) is 1.94. The third-order valence-corrected chi connectivity index (χ3v) is 4.96. The van der Waals surface area contributed by atoms with Crippen molar-refractivity contribution in [3.05, 3.63) is 29.8 Å². The first-order valence-electron chi connectivity index (χ1n) is 7.96. The normalized spacial score (nSPS) is 18.5. The van der Waals surface area contributed by atoms with Crippen LogP contribution in [-0.4, -0.2) is 53.4 Å². The zero-order valence-corrected chi connectivity index (χ0v) is 16.0. The molecule has 0 aliphatic carbocycles. The molecule has 2 amide bonds. The number of aryl methyl sites for hydroxylation is 1. The van der Waals surface area contributed by atoms with Crippen molar-refractivity contribution in [3.8, 4) is 0 Å². The van der Waals surface area contributed by atoms with Gasteiger partial charge in [-0.3, -0.25) is 9.59 Å². The van der Waals surface area contributed by atoms with Crippen LogP contribution in [0, 0.1) is 6.92 Å². The molecule has 7 heteroatoms. The van der Waals surface area contributed by atoms with Crippen LogP contribution in [0.4, 0.5) is 5.69 Å². The number of amides is 2. The molecule has 1 aromatic carbocycles. The number of hydrogen-bond acceptors (Lipinski definition) is 4. The standard InChI is InChI=1S/C17H25N3O2S.ClH/c1-12-4-6-15(7-5-12)19-16(21)11-23-14(3)17(22)20-9-8-18-13(2)10-20;/h4-7,13-14,18H,8-11H2,1-3H3,(H,19,21);1H. The van der Waals surface area contributed by atoms with Gasteiger partial charge in [0.05, 0.1) is 11.0 Å². The highest BCUT2D eigenvalue weighted by Gasteiger charge is 2.25. The van der Waals surface area contributed by atoms with Crippen LogP contribution in [-0.2, 0) is 9.59 Å². The summed E-state index contributed by atoms with van der Waals surface area (Å²) in [5, 5.41) is 5.97. The number of hydrogen-bond donors (Lipinski definition) is 2. The molecule has 134 valence electrons. The molecule has 1 aliphatic rings. The lowest BCUT2D eigenvalue weighted by Crippen LogP contribution is -2.53. The van der Waals surface area contributed by atoms with Gasteiger partial charge in [-0.25, -0.2) is 0 Å². The summed E-state index contributed by atoms with van der Waals surface area (Å²) in [6.45, 7) is 8.26. The van der Waals surface area contributed by atoms with E-state index in [2.05, 4.69) is 17.6 Å². The summed E-state index contributed by atoms with van der Waals surface area (Å²) in [6.07, 6.45) is 0. The fraction of sp³-hybridized carbons (Fsp3) is 0.529. The average Bonchev–Trinajstić information content (AvgIpc) is 2.54. The Kier molecular flexibility index (Phi) is 8.59. The SMILES string of the molecule is Cc1ccc(NC(=O)CSC(C)C(=O)N2CCNC(C)C2)cc1.Cl. The number of nitrogens with one attached hydrogen (secondary N) is 2. The monoisotopic (exact) mass is 371 g/mol. The molecule has 0 aromatic heterocycles. The van der Waals surface area contributed by atoms with Crippen LogP contribution in [0.15, 0.2) is 24.3 Å². The lowest BCUT2D eigenvalue weighted by Gasteiger charge is -2.33. The van der Waals surface area contributed by atoms with Crippen LogP contribution in [0.1, 0.15) is 19.4 Å². The van der Waals surface area contributed by atoms with Gasteiger partial charge in [0, 0.05) is 31.4 Å². The molecule has 2 atom stereocenters. The Morgan fingerprint density at radius 3 is 2.67 bits per heavy atom. The average molecular weight is 372 g/mol. The molecule has 0 saturated carbocycles. The van der Waals surface area contributed by atoms with Gasteiger partial charge in [-0.05, 0) is 32.9 Å². The fourth-order valence-corrected chi connectivity index (χ4v) is 3.26. The minimum atomic E-state index is -0.205. The molecule has 1 aromatic rings. The summed E-state index contributed by atoms with van der Waals surface area (Å²) < 4.78 is 0. The van der Waals surface area contributed by atoms with Crippen molar-refractivity contribution >= 4 is 41.7 Å². The van der Waals surface area contributed by atoms with Crippen LogP contribution in [0.25, 0.3) is 0 Å². The predicted molar refractivity (Wildman–Crippen MR) is 103 cm³/mol. The van der Waals surface area contributed by atoms with Crippen LogP contribution >= 0.6 is 24.2 Å². The molecule has 0 spiro atoms. The minimum Gasteiger partial charge on any atom is -0.339 e. The van der Waals surface area contributed by atoms with E-state index >= 15 is 0 Å². The number of piperazine rings is 1. The highest BCUT2D eigenvalue weighted by atomic mass is 35.5. The van der Waals surface area contributed by atoms with Crippen molar-refractivity contribution in [2.24, 2.45) is 0 Å². The maximum Gasteiger partial charge on any atom is 0.235 e. The quantitative estimate of drug-likeness (QED) is 0.833. The second-order valence-electron chi connectivity index (χ2n) is 6.01. The molecule has 1 saturated heterocycles. The number of carbonyl (C=O) groups excluding carboxylic acids is 2. The van der Waals surface area contributed by atoms with E-state index in [9.17, 15) is 9.59 Å². The Bertz CT molecular complexity index is 553. The molecular formula is C17H26ClN3O2S. The fourth-order valence-electron chi connectivity index (χ4n) is 2.50. The van der Waals surface area contributed by atoms with Crippen LogP contribution in [0.3, 0.4) is 0 Å². The zero-order valence-electron chi connectivity index (χ0n) is 14.4. The Morgan fingerprint density at radius 1 is 1.38 bits per heavy atom. The van der Waals surface area contributed by atoms with E-state index in [1.807, 2.05) is 43.0 Å². The number of rotatable bonds is 5. The van der Waals surface area contributed by atoms with Gasteiger partial charge in [-0.2, -0.15) is 0 Å². The maximum absolute atomic E-state index is 12.4. The largest absolute Gasteiger partial charge is 0.339 e. The van der Waals surface area contributed by atoms with Gasteiger partial charge >= 0.3 is 0 Å². The Morgan fingerprint density at radius 2 is 2.04 bits per heavy atom. The number of anilines is 1. The number of carbonyl (C=O) groups is 2.